The molecule has 24 heavy (non-hydrogen) atoms. The Labute approximate surface area is 140 Å². The van der Waals surface area contributed by atoms with Crippen molar-refractivity contribution in [3.05, 3.63) is 69.5 Å². The van der Waals surface area contributed by atoms with Gasteiger partial charge in [0.25, 0.3) is 0 Å². The first-order valence-corrected chi connectivity index (χ1v) is 8.20. The van der Waals surface area contributed by atoms with E-state index in [2.05, 4.69) is 0 Å². The number of nitrogens with zero attached hydrogens (tertiary/aromatic N) is 1. The highest BCUT2D eigenvalue weighted by atomic mass is 16.6. The highest BCUT2D eigenvalue weighted by Crippen LogP contribution is 2.32. The van der Waals surface area contributed by atoms with Crippen molar-refractivity contribution in [2.75, 3.05) is 0 Å². The first-order chi connectivity index (χ1) is 11.6. The van der Waals surface area contributed by atoms with Gasteiger partial charge in [-0.25, -0.2) is 0 Å². The quantitative estimate of drug-likeness (QED) is 0.330. The van der Waals surface area contributed by atoms with E-state index in [0.29, 0.717) is 11.5 Å². The number of benzene rings is 1. The van der Waals surface area contributed by atoms with Crippen molar-refractivity contribution >= 4 is 17.7 Å². The molecule has 0 radical (unpaired) electrons. The summed E-state index contributed by atoms with van der Waals surface area (Å²) in [6.07, 6.45) is 9.16. The minimum absolute atomic E-state index is 0.149. The third-order valence-electron chi connectivity index (χ3n) is 4.46. The maximum absolute atomic E-state index is 12.2. The third-order valence-corrected chi connectivity index (χ3v) is 4.46. The van der Waals surface area contributed by atoms with Crippen molar-refractivity contribution < 1.29 is 14.1 Å². The Balaban J connectivity index is 1.65. The monoisotopic (exact) mass is 325 g/mol. The summed E-state index contributed by atoms with van der Waals surface area (Å²) in [7, 11) is 0. The van der Waals surface area contributed by atoms with Crippen LogP contribution >= 0.6 is 0 Å². The van der Waals surface area contributed by atoms with E-state index in [0.717, 1.165) is 0 Å². The summed E-state index contributed by atoms with van der Waals surface area (Å²) in [6, 6.07) is 10.5. The van der Waals surface area contributed by atoms with Gasteiger partial charge in [-0.3, -0.25) is 14.9 Å². The Morgan fingerprint density at radius 1 is 1.08 bits per heavy atom. The summed E-state index contributed by atoms with van der Waals surface area (Å²) in [5.74, 6) is 0.416. The fourth-order valence-electron chi connectivity index (χ4n) is 3.14. The van der Waals surface area contributed by atoms with Crippen molar-refractivity contribution in [2.45, 2.75) is 38.0 Å². The molecular formula is C19H19NO4. The van der Waals surface area contributed by atoms with Crippen molar-refractivity contribution in [1.29, 1.82) is 0 Å². The molecule has 1 aromatic carbocycles. The molecule has 1 aliphatic rings. The molecule has 3 rings (SSSR count). The number of carbonyl (C=O) groups is 1. The van der Waals surface area contributed by atoms with Crippen LogP contribution in [0.2, 0.25) is 0 Å². The fourth-order valence-corrected chi connectivity index (χ4v) is 3.14. The van der Waals surface area contributed by atoms with E-state index in [1.54, 1.807) is 0 Å². The second-order valence-electron chi connectivity index (χ2n) is 6.09. The first-order valence-electron chi connectivity index (χ1n) is 8.20. The largest absolute Gasteiger partial charge is 0.433 e. The van der Waals surface area contributed by atoms with Crippen LogP contribution < -0.4 is 0 Å². The van der Waals surface area contributed by atoms with Gasteiger partial charge in [0.1, 0.15) is 10.7 Å². The van der Waals surface area contributed by atoms with Crippen molar-refractivity contribution in [3.8, 4) is 0 Å². The SMILES string of the molecule is O=C(/C=C/c1ccc([N+](=O)[O-])o1)c1ccc(C2CCCCC2)cc1. The lowest BCUT2D eigenvalue weighted by atomic mass is 9.84. The van der Waals surface area contributed by atoms with Crippen LogP contribution in [0, 0.1) is 10.1 Å². The van der Waals surface area contributed by atoms with Crippen LogP contribution in [0.25, 0.3) is 6.08 Å². The summed E-state index contributed by atoms with van der Waals surface area (Å²) in [5, 5.41) is 10.6. The first kappa shape index (κ1) is 16.2. The van der Waals surface area contributed by atoms with Crippen LogP contribution in [0.15, 0.2) is 46.9 Å². The molecule has 1 saturated carbocycles. The van der Waals surface area contributed by atoms with Crippen LogP contribution in [-0.4, -0.2) is 10.7 Å². The second kappa shape index (κ2) is 7.25. The molecular weight excluding hydrogens is 306 g/mol. The molecule has 1 aromatic heterocycles. The van der Waals surface area contributed by atoms with E-state index < -0.39 is 4.92 Å². The van der Waals surface area contributed by atoms with Crippen molar-refractivity contribution in [2.24, 2.45) is 0 Å². The van der Waals surface area contributed by atoms with E-state index in [1.165, 1.54) is 62.0 Å². The van der Waals surface area contributed by atoms with E-state index >= 15 is 0 Å². The Bertz CT molecular complexity index is 752. The fraction of sp³-hybridized carbons (Fsp3) is 0.316. The van der Waals surface area contributed by atoms with Gasteiger partial charge >= 0.3 is 5.88 Å². The van der Waals surface area contributed by atoms with E-state index in [-0.39, 0.29) is 17.4 Å². The number of ketones is 1. The highest BCUT2D eigenvalue weighted by molar-refractivity contribution is 6.06. The summed E-state index contributed by atoms with van der Waals surface area (Å²) in [6.45, 7) is 0. The standard InChI is InChI=1S/C19H19NO4/c21-18(12-10-17-11-13-19(24-17)20(22)23)16-8-6-15(7-9-16)14-4-2-1-3-5-14/h6-14H,1-5H2/b12-10+. The van der Waals surface area contributed by atoms with Crippen molar-refractivity contribution in [1.82, 2.24) is 0 Å². The Hall–Kier alpha value is -2.69. The number of allylic oxidation sites excluding steroid dienone is 1. The zero-order valence-electron chi connectivity index (χ0n) is 13.3. The lowest BCUT2D eigenvalue weighted by molar-refractivity contribution is -0.402. The minimum Gasteiger partial charge on any atom is -0.401 e. The predicted molar refractivity (Wildman–Crippen MR) is 91.0 cm³/mol. The average Bonchev–Trinajstić information content (AvgIpc) is 3.10. The van der Waals surface area contributed by atoms with Crippen LogP contribution in [0.5, 0.6) is 0 Å². The molecule has 2 aromatic rings. The molecule has 0 spiro atoms. The van der Waals surface area contributed by atoms with E-state index in [4.69, 9.17) is 4.42 Å². The summed E-state index contributed by atoms with van der Waals surface area (Å²) in [5.41, 5.74) is 1.91. The maximum atomic E-state index is 12.2. The van der Waals surface area contributed by atoms with Gasteiger partial charge < -0.3 is 4.42 Å². The van der Waals surface area contributed by atoms with Gasteiger partial charge in [-0.1, -0.05) is 43.5 Å². The molecule has 1 fully saturated rings. The van der Waals surface area contributed by atoms with Gasteiger partial charge in [0, 0.05) is 5.56 Å². The number of furan rings is 1. The number of hydrogen-bond donors (Lipinski definition) is 0. The van der Waals surface area contributed by atoms with Gasteiger partial charge in [0.15, 0.2) is 5.78 Å². The molecule has 0 N–H and O–H groups in total. The molecule has 0 atom stereocenters. The predicted octanol–water partition coefficient (Wildman–Crippen LogP) is 5.13. The molecule has 124 valence electrons. The summed E-state index contributed by atoms with van der Waals surface area (Å²) >= 11 is 0. The van der Waals surface area contributed by atoms with Gasteiger partial charge in [0.05, 0.1) is 6.07 Å². The lowest BCUT2D eigenvalue weighted by Gasteiger charge is -2.21. The van der Waals surface area contributed by atoms with Gasteiger partial charge in [0.2, 0.25) is 0 Å². The molecule has 1 aliphatic carbocycles. The topological polar surface area (TPSA) is 73.3 Å². The van der Waals surface area contributed by atoms with Crippen LogP contribution in [-0.2, 0) is 0 Å². The van der Waals surface area contributed by atoms with Crippen LogP contribution in [0.1, 0.15) is 59.7 Å². The summed E-state index contributed by atoms with van der Waals surface area (Å²) < 4.78 is 4.99. The average molecular weight is 325 g/mol. The molecule has 5 heteroatoms. The molecule has 0 aliphatic heterocycles. The maximum Gasteiger partial charge on any atom is 0.433 e. The van der Waals surface area contributed by atoms with E-state index in [1.807, 2.05) is 24.3 Å². The van der Waals surface area contributed by atoms with Gasteiger partial charge in [-0.15, -0.1) is 0 Å². The molecule has 0 saturated heterocycles. The molecule has 0 unspecified atom stereocenters. The summed E-state index contributed by atoms with van der Waals surface area (Å²) in [4.78, 5) is 22.1. The van der Waals surface area contributed by atoms with Crippen molar-refractivity contribution in [3.63, 3.8) is 0 Å². The zero-order chi connectivity index (χ0) is 16.9. The molecule has 1 heterocycles. The minimum atomic E-state index is -0.608. The van der Waals surface area contributed by atoms with Crippen LogP contribution in [0.4, 0.5) is 5.88 Å². The zero-order valence-corrected chi connectivity index (χ0v) is 13.3. The normalized spacial score (nSPS) is 15.7. The van der Waals surface area contributed by atoms with Crippen LogP contribution in [0.3, 0.4) is 0 Å². The molecule has 0 amide bonds. The molecule has 5 nitrogen and oxygen atoms in total. The Morgan fingerprint density at radius 2 is 1.79 bits per heavy atom. The van der Waals surface area contributed by atoms with Gasteiger partial charge in [-0.05, 0) is 42.5 Å². The van der Waals surface area contributed by atoms with Gasteiger partial charge in [-0.2, -0.15) is 0 Å². The highest BCUT2D eigenvalue weighted by Gasteiger charge is 2.15. The smallest absolute Gasteiger partial charge is 0.401 e. The Kier molecular flexibility index (Phi) is 4.89. The second-order valence-corrected chi connectivity index (χ2v) is 6.09. The third kappa shape index (κ3) is 3.79. The number of rotatable bonds is 5. The number of carbonyl (C=O) groups excluding carboxylic acids is 1. The molecule has 0 bridgehead atoms. The Morgan fingerprint density at radius 3 is 2.42 bits per heavy atom. The van der Waals surface area contributed by atoms with E-state index in [9.17, 15) is 14.9 Å². The number of hydrogen-bond acceptors (Lipinski definition) is 4. The number of nitro groups is 1. The lowest BCUT2D eigenvalue weighted by Crippen LogP contribution is -2.04.